The van der Waals surface area contributed by atoms with Gasteiger partial charge in [0.05, 0.1) is 17.7 Å². The van der Waals surface area contributed by atoms with E-state index < -0.39 is 0 Å². The van der Waals surface area contributed by atoms with Crippen molar-refractivity contribution in [1.82, 2.24) is 15.3 Å². The molecule has 0 amide bonds. The third kappa shape index (κ3) is 5.26. The number of nitrogens with one attached hydrogen (secondary N) is 3. The fourth-order valence-corrected chi connectivity index (χ4v) is 3.39. The minimum Gasteiger partial charge on any atom is -0.394 e. The van der Waals surface area contributed by atoms with Gasteiger partial charge in [-0.25, -0.2) is 4.98 Å². The van der Waals surface area contributed by atoms with Crippen molar-refractivity contribution in [2.45, 2.75) is 32.5 Å². The Kier molecular flexibility index (Phi) is 6.97. The minimum atomic E-state index is -0.197. The molecule has 0 spiro atoms. The van der Waals surface area contributed by atoms with Gasteiger partial charge in [-0.3, -0.25) is 0 Å². The van der Waals surface area contributed by atoms with Gasteiger partial charge in [-0.1, -0.05) is 35.3 Å². The Morgan fingerprint density at radius 3 is 2.71 bits per heavy atom. The van der Waals surface area contributed by atoms with Gasteiger partial charge in [0, 0.05) is 46.8 Å². The molecule has 148 valence electrons. The van der Waals surface area contributed by atoms with E-state index >= 15 is 0 Å². The number of rotatable bonds is 8. The van der Waals surface area contributed by atoms with Crippen molar-refractivity contribution in [2.24, 2.45) is 0 Å². The first kappa shape index (κ1) is 20.7. The van der Waals surface area contributed by atoms with Crippen LogP contribution >= 0.6 is 23.2 Å². The summed E-state index contributed by atoms with van der Waals surface area (Å²) in [4.78, 5) is 7.58. The molecule has 0 aliphatic heterocycles. The van der Waals surface area contributed by atoms with Gasteiger partial charge in [-0.15, -0.1) is 0 Å². The predicted molar refractivity (Wildman–Crippen MR) is 116 cm³/mol. The number of aliphatic hydroxyl groups excluding tert-OH is 1. The lowest BCUT2D eigenvalue weighted by atomic mass is 10.1. The zero-order chi connectivity index (χ0) is 20.1. The van der Waals surface area contributed by atoms with Gasteiger partial charge in [0.2, 0.25) is 0 Å². The molecule has 1 aromatic carbocycles. The van der Waals surface area contributed by atoms with Crippen LogP contribution in [-0.4, -0.2) is 27.7 Å². The van der Waals surface area contributed by atoms with Crippen molar-refractivity contribution in [3.63, 3.8) is 0 Å². The molecule has 0 fully saturated rings. The van der Waals surface area contributed by atoms with Gasteiger partial charge in [-0.05, 0) is 43.7 Å². The molecule has 2 aromatic heterocycles. The highest BCUT2D eigenvalue weighted by Crippen LogP contribution is 2.30. The normalized spacial score (nSPS) is 12.4. The molecule has 1 unspecified atom stereocenters. The summed E-state index contributed by atoms with van der Waals surface area (Å²) in [7, 11) is 0. The van der Waals surface area contributed by atoms with E-state index in [1.54, 1.807) is 6.20 Å². The number of aliphatic hydroxyl groups is 1. The largest absolute Gasteiger partial charge is 0.394 e. The summed E-state index contributed by atoms with van der Waals surface area (Å²) >= 11 is 12.4. The summed E-state index contributed by atoms with van der Waals surface area (Å²) in [5.74, 6) is 0.788. The second-order valence-electron chi connectivity index (χ2n) is 6.93. The van der Waals surface area contributed by atoms with Crippen molar-refractivity contribution in [3.05, 3.63) is 70.1 Å². The Bertz CT molecular complexity index is 926. The fourth-order valence-electron chi connectivity index (χ4n) is 2.98. The van der Waals surface area contributed by atoms with E-state index in [0.29, 0.717) is 16.6 Å². The van der Waals surface area contributed by atoms with Crippen LogP contribution in [0.2, 0.25) is 10.0 Å². The van der Waals surface area contributed by atoms with Crippen molar-refractivity contribution in [2.75, 3.05) is 11.9 Å². The minimum absolute atomic E-state index is 0.0195. The van der Waals surface area contributed by atoms with E-state index in [4.69, 9.17) is 23.2 Å². The second kappa shape index (κ2) is 9.43. The summed E-state index contributed by atoms with van der Waals surface area (Å²) in [5.41, 5.74) is 3.83. The molecule has 0 bridgehead atoms. The average molecular weight is 419 g/mol. The molecule has 0 aliphatic carbocycles. The lowest BCUT2D eigenvalue weighted by molar-refractivity contribution is 0.243. The first-order valence-corrected chi connectivity index (χ1v) is 9.91. The molecule has 4 N–H and O–H groups in total. The van der Waals surface area contributed by atoms with E-state index in [1.165, 1.54) is 0 Å². The lowest BCUT2D eigenvalue weighted by Gasteiger charge is -2.16. The number of nitrogens with zero attached hydrogens (tertiary/aromatic N) is 1. The highest BCUT2D eigenvalue weighted by atomic mass is 35.5. The molecule has 0 radical (unpaired) electrons. The summed E-state index contributed by atoms with van der Waals surface area (Å²) in [6.07, 6.45) is 3.58. The van der Waals surface area contributed by atoms with Crippen LogP contribution in [-0.2, 0) is 6.54 Å². The van der Waals surface area contributed by atoms with E-state index in [-0.39, 0.29) is 18.7 Å². The van der Waals surface area contributed by atoms with Gasteiger partial charge in [0.15, 0.2) is 0 Å². The Balaban J connectivity index is 1.72. The topological polar surface area (TPSA) is 73.0 Å². The van der Waals surface area contributed by atoms with Crippen molar-refractivity contribution < 1.29 is 5.11 Å². The van der Waals surface area contributed by atoms with Crippen molar-refractivity contribution in [3.8, 4) is 11.1 Å². The fraction of sp³-hybridized carbons (Fsp3) is 0.286. The molecular formula is C21H24Cl2N4O. The SMILES string of the molecule is CC(C)Nc1cc(-c2c[nH]c(CNC(CO)c3cccc(Cl)c3)c2)c(Cl)cn1. The molecule has 7 heteroatoms. The van der Waals surface area contributed by atoms with Crippen LogP contribution in [0.15, 0.2) is 48.8 Å². The summed E-state index contributed by atoms with van der Waals surface area (Å²) in [6, 6.07) is 11.6. The number of H-pyrrole nitrogens is 1. The monoisotopic (exact) mass is 418 g/mol. The molecule has 2 heterocycles. The third-order valence-electron chi connectivity index (χ3n) is 4.32. The van der Waals surface area contributed by atoms with E-state index in [2.05, 4.69) is 34.4 Å². The Morgan fingerprint density at radius 1 is 1.18 bits per heavy atom. The van der Waals surface area contributed by atoms with Gasteiger partial charge >= 0.3 is 0 Å². The molecule has 0 aliphatic rings. The Labute approximate surface area is 175 Å². The zero-order valence-electron chi connectivity index (χ0n) is 15.8. The highest BCUT2D eigenvalue weighted by Gasteiger charge is 2.12. The maximum atomic E-state index is 9.72. The average Bonchev–Trinajstić information content (AvgIpc) is 3.12. The number of benzene rings is 1. The van der Waals surface area contributed by atoms with Crippen LogP contribution in [0, 0.1) is 0 Å². The van der Waals surface area contributed by atoms with Gasteiger partial charge in [0.1, 0.15) is 5.82 Å². The smallest absolute Gasteiger partial charge is 0.126 e. The predicted octanol–water partition coefficient (Wildman–Crippen LogP) is 5.03. The van der Waals surface area contributed by atoms with Crippen LogP contribution in [0.25, 0.3) is 11.1 Å². The standard InChI is InChI=1S/C21H24Cl2N4O/c1-13(2)27-21-8-18(19(23)11-26-21)15-7-17(24-9-15)10-25-20(12-28)14-4-3-5-16(22)6-14/h3-9,11,13,20,24-25,28H,10,12H2,1-2H3,(H,26,27). The van der Waals surface area contributed by atoms with E-state index in [0.717, 1.165) is 28.2 Å². The summed E-state index contributed by atoms with van der Waals surface area (Å²) in [6.45, 7) is 4.67. The van der Waals surface area contributed by atoms with Crippen LogP contribution in [0.4, 0.5) is 5.82 Å². The van der Waals surface area contributed by atoms with Crippen molar-refractivity contribution in [1.29, 1.82) is 0 Å². The first-order valence-electron chi connectivity index (χ1n) is 9.15. The van der Waals surface area contributed by atoms with Gasteiger partial charge in [0.25, 0.3) is 0 Å². The quantitative estimate of drug-likeness (QED) is 0.413. The molecule has 0 saturated heterocycles. The van der Waals surface area contributed by atoms with Crippen LogP contribution in [0.3, 0.4) is 0 Å². The highest BCUT2D eigenvalue weighted by molar-refractivity contribution is 6.33. The Morgan fingerprint density at radius 2 is 2.00 bits per heavy atom. The second-order valence-corrected chi connectivity index (χ2v) is 7.78. The molecule has 0 saturated carbocycles. The molecule has 28 heavy (non-hydrogen) atoms. The molecule has 5 nitrogen and oxygen atoms in total. The molecule has 3 aromatic rings. The van der Waals surface area contributed by atoms with E-state index in [1.807, 2.05) is 42.6 Å². The number of aromatic nitrogens is 2. The molecular weight excluding hydrogens is 395 g/mol. The maximum absolute atomic E-state index is 9.72. The number of anilines is 1. The number of halogens is 2. The third-order valence-corrected chi connectivity index (χ3v) is 4.85. The number of pyridine rings is 1. The first-order chi connectivity index (χ1) is 13.5. The van der Waals surface area contributed by atoms with Crippen molar-refractivity contribution >= 4 is 29.0 Å². The van der Waals surface area contributed by atoms with Crippen LogP contribution in [0.5, 0.6) is 0 Å². The summed E-state index contributed by atoms with van der Waals surface area (Å²) < 4.78 is 0. The van der Waals surface area contributed by atoms with Gasteiger partial charge in [-0.2, -0.15) is 0 Å². The number of aromatic amines is 1. The van der Waals surface area contributed by atoms with Crippen LogP contribution < -0.4 is 10.6 Å². The maximum Gasteiger partial charge on any atom is 0.126 e. The number of hydrogen-bond acceptors (Lipinski definition) is 4. The zero-order valence-corrected chi connectivity index (χ0v) is 17.3. The Hall–Kier alpha value is -2.05. The van der Waals surface area contributed by atoms with Crippen LogP contribution in [0.1, 0.15) is 31.1 Å². The lowest BCUT2D eigenvalue weighted by Crippen LogP contribution is -2.24. The number of hydrogen-bond donors (Lipinski definition) is 4. The molecule has 1 atom stereocenters. The summed E-state index contributed by atoms with van der Waals surface area (Å²) in [5, 5.41) is 17.6. The van der Waals surface area contributed by atoms with Gasteiger partial charge < -0.3 is 20.7 Å². The van der Waals surface area contributed by atoms with E-state index in [9.17, 15) is 5.11 Å². The molecule has 3 rings (SSSR count).